The lowest BCUT2D eigenvalue weighted by Gasteiger charge is -2.10. The molecule has 3 aromatic rings. The maximum atomic E-state index is 5.98. The van der Waals surface area contributed by atoms with Crippen LogP contribution in [0.2, 0.25) is 5.02 Å². The van der Waals surface area contributed by atoms with Crippen LogP contribution in [-0.2, 0) is 0 Å². The fourth-order valence-corrected chi connectivity index (χ4v) is 2.31. The Balaban J connectivity index is 1.81. The number of halogens is 1. The number of nitrogens with one attached hydrogen (secondary N) is 2. The number of aromatic nitrogens is 3. The van der Waals surface area contributed by atoms with Crippen LogP contribution in [0.25, 0.3) is 0 Å². The lowest BCUT2D eigenvalue weighted by molar-refractivity contribution is 0.981. The molecule has 0 amide bonds. The quantitative estimate of drug-likeness (QED) is 0.732. The van der Waals surface area contributed by atoms with Crippen molar-refractivity contribution in [1.29, 1.82) is 0 Å². The molecule has 0 atom stereocenters. The highest BCUT2D eigenvalue weighted by molar-refractivity contribution is 6.30. The topological polar surface area (TPSA) is 62.7 Å². The number of hydrogen-bond donors (Lipinski definition) is 2. The first kappa shape index (κ1) is 15.2. The van der Waals surface area contributed by atoms with Gasteiger partial charge in [0.15, 0.2) is 5.82 Å². The summed E-state index contributed by atoms with van der Waals surface area (Å²) >= 11 is 5.98. The van der Waals surface area contributed by atoms with Crippen molar-refractivity contribution in [3.63, 3.8) is 0 Å². The molecular formula is C17H16ClN5. The highest BCUT2D eigenvalue weighted by Gasteiger charge is 2.04. The molecule has 6 heteroatoms. The summed E-state index contributed by atoms with van der Waals surface area (Å²) in [6.07, 6.45) is 1.56. The van der Waals surface area contributed by atoms with Crippen LogP contribution in [0.5, 0.6) is 0 Å². The van der Waals surface area contributed by atoms with Crippen LogP contribution in [0.15, 0.2) is 48.7 Å². The molecular weight excluding hydrogens is 310 g/mol. The maximum absolute atomic E-state index is 5.98. The van der Waals surface area contributed by atoms with Crippen LogP contribution in [0.1, 0.15) is 11.1 Å². The van der Waals surface area contributed by atoms with E-state index in [9.17, 15) is 0 Å². The van der Waals surface area contributed by atoms with Crippen LogP contribution in [-0.4, -0.2) is 15.2 Å². The third kappa shape index (κ3) is 3.96. The lowest BCUT2D eigenvalue weighted by atomic mass is 10.1. The van der Waals surface area contributed by atoms with Crippen molar-refractivity contribution in [3.8, 4) is 0 Å². The zero-order chi connectivity index (χ0) is 16.2. The normalized spacial score (nSPS) is 10.4. The Kier molecular flexibility index (Phi) is 4.39. The smallest absolute Gasteiger partial charge is 0.249 e. The van der Waals surface area contributed by atoms with Gasteiger partial charge in [-0.1, -0.05) is 29.8 Å². The second-order valence-corrected chi connectivity index (χ2v) is 5.68. The van der Waals surface area contributed by atoms with Crippen molar-refractivity contribution in [2.45, 2.75) is 13.8 Å². The molecule has 5 nitrogen and oxygen atoms in total. The summed E-state index contributed by atoms with van der Waals surface area (Å²) in [5, 5.41) is 15.0. The van der Waals surface area contributed by atoms with Crippen LogP contribution < -0.4 is 10.6 Å². The molecule has 0 bridgehead atoms. The van der Waals surface area contributed by atoms with Crippen LogP contribution in [0.4, 0.5) is 23.1 Å². The molecule has 2 N–H and O–H groups in total. The fraction of sp³-hybridized carbons (Fsp3) is 0.118. The molecule has 2 aromatic carbocycles. The van der Waals surface area contributed by atoms with Gasteiger partial charge in [-0.2, -0.15) is 10.1 Å². The van der Waals surface area contributed by atoms with Gasteiger partial charge in [0, 0.05) is 16.4 Å². The summed E-state index contributed by atoms with van der Waals surface area (Å²) in [5.74, 6) is 1.03. The van der Waals surface area contributed by atoms with E-state index in [-0.39, 0.29) is 0 Å². The SMILES string of the molecule is Cc1ccc(C)c(Nc2nncc(Nc3cccc(Cl)c3)n2)c1. The summed E-state index contributed by atoms with van der Waals surface area (Å²) in [6.45, 7) is 4.07. The highest BCUT2D eigenvalue weighted by atomic mass is 35.5. The van der Waals surface area contributed by atoms with Gasteiger partial charge >= 0.3 is 0 Å². The molecule has 0 saturated carbocycles. The summed E-state index contributed by atoms with van der Waals surface area (Å²) in [6, 6.07) is 13.6. The molecule has 0 unspecified atom stereocenters. The first-order valence-corrected chi connectivity index (χ1v) is 7.54. The third-order valence-corrected chi connectivity index (χ3v) is 3.53. The fourth-order valence-electron chi connectivity index (χ4n) is 2.12. The molecule has 0 aliphatic carbocycles. The van der Waals surface area contributed by atoms with Gasteiger partial charge in [0.2, 0.25) is 5.95 Å². The van der Waals surface area contributed by atoms with Crippen molar-refractivity contribution >= 4 is 34.7 Å². The molecule has 116 valence electrons. The Hall–Kier alpha value is -2.66. The summed E-state index contributed by atoms with van der Waals surface area (Å²) in [4.78, 5) is 4.42. The number of hydrogen-bond acceptors (Lipinski definition) is 5. The van der Waals surface area contributed by atoms with E-state index in [1.807, 2.05) is 38.1 Å². The molecule has 0 spiro atoms. The van der Waals surface area contributed by atoms with E-state index < -0.39 is 0 Å². The van der Waals surface area contributed by atoms with E-state index in [1.54, 1.807) is 6.20 Å². The molecule has 3 rings (SSSR count). The lowest BCUT2D eigenvalue weighted by Crippen LogP contribution is -2.03. The largest absolute Gasteiger partial charge is 0.339 e. The van der Waals surface area contributed by atoms with Crippen molar-refractivity contribution < 1.29 is 0 Å². The van der Waals surface area contributed by atoms with Gasteiger partial charge < -0.3 is 10.6 Å². The first-order chi connectivity index (χ1) is 11.1. The Bertz CT molecular complexity index is 835. The van der Waals surface area contributed by atoms with E-state index in [2.05, 4.69) is 44.0 Å². The first-order valence-electron chi connectivity index (χ1n) is 7.17. The van der Waals surface area contributed by atoms with Crippen molar-refractivity contribution in [3.05, 3.63) is 64.8 Å². The van der Waals surface area contributed by atoms with E-state index >= 15 is 0 Å². The van der Waals surface area contributed by atoms with E-state index in [0.29, 0.717) is 16.8 Å². The van der Waals surface area contributed by atoms with E-state index in [4.69, 9.17) is 11.6 Å². The van der Waals surface area contributed by atoms with Gasteiger partial charge in [0.05, 0.1) is 6.20 Å². The van der Waals surface area contributed by atoms with Crippen molar-refractivity contribution in [1.82, 2.24) is 15.2 Å². The summed E-state index contributed by atoms with van der Waals surface area (Å²) in [5.41, 5.74) is 4.09. The van der Waals surface area contributed by atoms with E-state index in [0.717, 1.165) is 16.9 Å². The van der Waals surface area contributed by atoms with Crippen molar-refractivity contribution in [2.75, 3.05) is 10.6 Å². The highest BCUT2D eigenvalue weighted by Crippen LogP contribution is 2.21. The number of rotatable bonds is 4. The molecule has 23 heavy (non-hydrogen) atoms. The minimum atomic E-state index is 0.436. The summed E-state index contributed by atoms with van der Waals surface area (Å²) < 4.78 is 0. The van der Waals surface area contributed by atoms with Gasteiger partial charge in [-0.15, -0.1) is 5.10 Å². The Morgan fingerprint density at radius 3 is 2.70 bits per heavy atom. The van der Waals surface area contributed by atoms with Gasteiger partial charge in [0.1, 0.15) is 0 Å². The Morgan fingerprint density at radius 1 is 1.00 bits per heavy atom. The minimum absolute atomic E-state index is 0.436. The predicted molar refractivity (Wildman–Crippen MR) is 93.8 cm³/mol. The van der Waals surface area contributed by atoms with E-state index in [1.165, 1.54) is 5.56 Å². The monoisotopic (exact) mass is 325 g/mol. The maximum Gasteiger partial charge on any atom is 0.249 e. The molecule has 0 aliphatic rings. The molecule has 1 aromatic heterocycles. The number of benzene rings is 2. The standard InChI is InChI=1S/C17H16ClN5/c1-11-6-7-12(2)15(8-11)21-17-22-16(10-19-23-17)20-14-5-3-4-13(18)9-14/h3-10H,1-2H3,(H2,20,21,22,23). The zero-order valence-corrected chi connectivity index (χ0v) is 13.6. The average Bonchev–Trinajstić information content (AvgIpc) is 2.51. The molecule has 1 heterocycles. The Morgan fingerprint density at radius 2 is 1.87 bits per heavy atom. The van der Waals surface area contributed by atoms with Crippen LogP contribution >= 0.6 is 11.6 Å². The van der Waals surface area contributed by atoms with Gasteiger partial charge in [0.25, 0.3) is 0 Å². The predicted octanol–water partition coefficient (Wildman–Crippen LogP) is 4.63. The molecule has 0 radical (unpaired) electrons. The summed E-state index contributed by atoms with van der Waals surface area (Å²) in [7, 11) is 0. The second kappa shape index (κ2) is 6.62. The molecule has 0 fully saturated rings. The third-order valence-electron chi connectivity index (χ3n) is 3.30. The average molecular weight is 326 g/mol. The number of nitrogens with zero attached hydrogens (tertiary/aromatic N) is 3. The molecule has 0 aliphatic heterocycles. The van der Waals surface area contributed by atoms with Gasteiger partial charge in [-0.3, -0.25) is 0 Å². The molecule has 0 saturated heterocycles. The number of anilines is 4. The van der Waals surface area contributed by atoms with Crippen LogP contribution in [0.3, 0.4) is 0 Å². The second-order valence-electron chi connectivity index (χ2n) is 5.24. The number of aryl methyl sites for hydroxylation is 2. The van der Waals surface area contributed by atoms with Crippen molar-refractivity contribution in [2.24, 2.45) is 0 Å². The Labute approximate surface area is 139 Å². The minimum Gasteiger partial charge on any atom is -0.339 e. The zero-order valence-electron chi connectivity index (χ0n) is 12.8. The van der Waals surface area contributed by atoms with Crippen LogP contribution in [0, 0.1) is 13.8 Å². The van der Waals surface area contributed by atoms with Gasteiger partial charge in [-0.25, -0.2) is 0 Å². The van der Waals surface area contributed by atoms with Gasteiger partial charge in [-0.05, 0) is 49.2 Å².